The molecule has 3 amide bonds. The Hall–Kier alpha value is -3.82. The molecule has 1 saturated heterocycles. The number of anilines is 1. The summed E-state index contributed by atoms with van der Waals surface area (Å²) in [5.41, 5.74) is 3.14. The molecule has 0 unspecified atom stereocenters. The van der Waals surface area contributed by atoms with E-state index in [1.54, 1.807) is 17.0 Å². The van der Waals surface area contributed by atoms with Crippen molar-refractivity contribution in [2.45, 2.75) is 51.0 Å². The second kappa shape index (κ2) is 9.43. The highest BCUT2D eigenvalue weighted by atomic mass is 19.1. The minimum absolute atomic E-state index is 0.000697. The number of rotatable bonds is 4. The van der Waals surface area contributed by atoms with Crippen LogP contribution in [-0.2, 0) is 27.8 Å². The number of carboxylic acids is 1. The second-order valence-electron chi connectivity index (χ2n) is 11.5. The molecular weight excluding hydrogens is 505 g/mol. The topological polar surface area (TPSA) is 108 Å². The van der Waals surface area contributed by atoms with Crippen molar-refractivity contribution in [2.24, 2.45) is 5.92 Å². The van der Waals surface area contributed by atoms with Crippen LogP contribution in [0, 0.1) is 11.7 Å². The number of halogens is 1. The number of urea groups is 1. The van der Waals surface area contributed by atoms with Gasteiger partial charge in [0.25, 0.3) is 5.91 Å². The number of carbonyl (C=O) groups excluding carboxylic acids is 2. The lowest BCUT2D eigenvalue weighted by Crippen LogP contribution is -2.58. The number of likely N-dealkylation sites (tertiary alicyclic amines) is 1. The Morgan fingerprint density at radius 1 is 1.13 bits per heavy atom. The quantitative estimate of drug-likeness (QED) is 0.613. The molecule has 1 atom stereocenters. The highest BCUT2D eigenvalue weighted by Gasteiger charge is 2.43. The summed E-state index contributed by atoms with van der Waals surface area (Å²) in [7, 11) is 0. The summed E-state index contributed by atoms with van der Waals surface area (Å²) in [6, 6.07) is 5.45. The Morgan fingerprint density at radius 2 is 1.90 bits per heavy atom. The van der Waals surface area contributed by atoms with E-state index in [1.165, 1.54) is 11.0 Å². The molecule has 2 aromatic carbocycles. The van der Waals surface area contributed by atoms with Gasteiger partial charge in [-0.2, -0.15) is 0 Å². The molecule has 39 heavy (non-hydrogen) atoms. The van der Waals surface area contributed by atoms with Crippen LogP contribution in [-0.4, -0.2) is 65.7 Å². The second-order valence-corrected chi connectivity index (χ2v) is 11.5. The summed E-state index contributed by atoms with van der Waals surface area (Å²) in [4.78, 5) is 41.6. The zero-order chi connectivity index (χ0) is 27.5. The molecule has 10 heteroatoms. The summed E-state index contributed by atoms with van der Waals surface area (Å²) >= 11 is 0. The maximum absolute atomic E-state index is 15.2. The molecule has 0 radical (unpaired) electrons. The van der Waals surface area contributed by atoms with Crippen molar-refractivity contribution in [2.75, 3.05) is 38.2 Å². The summed E-state index contributed by atoms with van der Waals surface area (Å²) < 4.78 is 26.8. The van der Waals surface area contributed by atoms with Gasteiger partial charge in [-0.3, -0.25) is 9.59 Å². The number of benzene rings is 2. The molecule has 6 rings (SSSR count). The first-order valence-electron chi connectivity index (χ1n) is 13.4. The van der Waals surface area contributed by atoms with E-state index in [1.807, 2.05) is 19.9 Å². The number of ether oxygens (including phenoxy) is 2. The Bertz CT molecular complexity index is 1370. The minimum Gasteiger partial charge on any atom is -0.486 e. The van der Waals surface area contributed by atoms with Crippen LogP contribution < -0.4 is 14.8 Å². The third kappa shape index (κ3) is 4.45. The average Bonchev–Trinajstić information content (AvgIpc) is 3.18. The number of hydrogen-bond acceptors (Lipinski definition) is 5. The van der Waals surface area contributed by atoms with Gasteiger partial charge < -0.3 is 29.7 Å². The number of amides is 3. The van der Waals surface area contributed by atoms with Gasteiger partial charge in [0.15, 0.2) is 11.5 Å². The Kier molecular flexibility index (Phi) is 6.15. The number of nitrogens with one attached hydrogen (secondary N) is 1. The van der Waals surface area contributed by atoms with Gasteiger partial charge in [-0.1, -0.05) is 19.9 Å². The van der Waals surface area contributed by atoms with Crippen LogP contribution in [0.3, 0.4) is 0 Å². The van der Waals surface area contributed by atoms with Gasteiger partial charge in [0, 0.05) is 36.8 Å². The zero-order valence-corrected chi connectivity index (χ0v) is 22.1. The van der Waals surface area contributed by atoms with E-state index < -0.39 is 17.9 Å². The molecule has 1 aliphatic carbocycles. The van der Waals surface area contributed by atoms with Crippen molar-refractivity contribution in [1.29, 1.82) is 0 Å². The third-order valence-electron chi connectivity index (χ3n) is 8.38. The largest absolute Gasteiger partial charge is 0.486 e. The number of nitrogens with zero attached hydrogens (tertiary/aromatic N) is 2. The van der Waals surface area contributed by atoms with Gasteiger partial charge in [0.05, 0.1) is 6.42 Å². The fourth-order valence-electron chi connectivity index (χ4n) is 6.48. The zero-order valence-electron chi connectivity index (χ0n) is 22.1. The maximum atomic E-state index is 15.2. The number of carboxylic acid groups (broad SMARTS) is 1. The summed E-state index contributed by atoms with van der Waals surface area (Å²) in [5, 5.41) is 12.0. The third-order valence-corrected chi connectivity index (χ3v) is 8.38. The fraction of sp³-hybridized carbons (Fsp3) is 0.483. The van der Waals surface area contributed by atoms with E-state index in [4.69, 9.17) is 14.6 Å². The molecule has 0 spiro atoms. The van der Waals surface area contributed by atoms with Crippen LogP contribution >= 0.6 is 0 Å². The first kappa shape index (κ1) is 25.5. The lowest BCUT2D eigenvalue weighted by atomic mass is 9.86. The number of carbonyl (C=O) groups is 3. The summed E-state index contributed by atoms with van der Waals surface area (Å²) in [5.74, 6) is -0.575. The SMILES string of the molecule is CC1(C)CCc2cc(NC(=O)[C@H]3c4ccc5c(c4CCN3C(=O)N3CC(CC(=O)O)C3)OCCO5)cc(F)c21. The van der Waals surface area contributed by atoms with Crippen LogP contribution in [0.15, 0.2) is 24.3 Å². The molecule has 206 valence electrons. The average molecular weight is 538 g/mol. The summed E-state index contributed by atoms with van der Waals surface area (Å²) in [6.45, 7) is 5.81. The first-order valence-corrected chi connectivity index (χ1v) is 13.4. The van der Waals surface area contributed by atoms with Crippen molar-refractivity contribution in [3.8, 4) is 11.5 Å². The van der Waals surface area contributed by atoms with E-state index in [0.29, 0.717) is 61.0 Å². The lowest BCUT2D eigenvalue weighted by Gasteiger charge is -2.45. The van der Waals surface area contributed by atoms with Gasteiger partial charge in [-0.05, 0) is 59.6 Å². The number of aryl methyl sites for hydroxylation is 1. The predicted octanol–water partition coefficient (Wildman–Crippen LogP) is 3.89. The van der Waals surface area contributed by atoms with E-state index in [2.05, 4.69) is 5.32 Å². The molecule has 3 heterocycles. The van der Waals surface area contributed by atoms with Crippen molar-refractivity contribution in [3.05, 3.63) is 52.3 Å². The lowest BCUT2D eigenvalue weighted by molar-refractivity contribution is -0.139. The van der Waals surface area contributed by atoms with Gasteiger partial charge in [-0.15, -0.1) is 0 Å². The van der Waals surface area contributed by atoms with Crippen molar-refractivity contribution >= 4 is 23.6 Å². The molecule has 9 nitrogen and oxygen atoms in total. The highest BCUT2D eigenvalue weighted by molar-refractivity contribution is 5.98. The van der Waals surface area contributed by atoms with Crippen LogP contribution in [0.4, 0.5) is 14.9 Å². The molecule has 0 bridgehead atoms. The van der Waals surface area contributed by atoms with Crippen molar-refractivity contribution in [1.82, 2.24) is 9.80 Å². The normalized spacial score (nSPS) is 21.1. The molecule has 3 aliphatic heterocycles. The Morgan fingerprint density at radius 3 is 2.67 bits per heavy atom. The van der Waals surface area contributed by atoms with E-state index in [0.717, 1.165) is 24.0 Å². The standard InChI is InChI=1S/C29H32FN3O6/c1-29(2)7-5-17-12-18(13-21(30)24(17)29)31-27(36)25-19-3-4-22-26(39-10-9-38-22)20(19)6-8-33(25)28(37)32-14-16(15-32)11-23(34)35/h3-4,12-13,16,25H,5-11,14-15H2,1-2H3,(H,31,36)(H,34,35)/t25-/m1/s1. The van der Waals surface area contributed by atoms with E-state index >= 15 is 4.39 Å². The molecule has 0 saturated carbocycles. The highest BCUT2D eigenvalue weighted by Crippen LogP contribution is 2.44. The smallest absolute Gasteiger partial charge is 0.320 e. The van der Waals surface area contributed by atoms with Crippen LogP contribution in [0.1, 0.15) is 55.0 Å². The molecule has 0 aromatic heterocycles. The number of fused-ring (bicyclic) bond motifs is 4. The molecule has 2 N–H and O–H groups in total. The predicted molar refractivity (Wildman–Crippen MR) is 140 cm³/mol. The monoisotopic (exact) mass is 537 g/mol. The van der Waals surface area contributed by atoms with E-state index in [9.17, 15) is 14.4 Å². The molecule has 2 aromatic rings. The first-order chi connectivity index (χ1) is 18.6. The van der Waals surface area contributed by atoms with Gasteiger partial charge in [-0.25, -0.2) is 9.18 Å². The van der Waals surface area contributed by atoms with Gasteiger partial charge in [0.2, 0.25) is 0 Å². The molecule has 1 fully saturated rings. The van der Waals surface area contributed by atoms with Crippen molar-refractivity contribution in [3.63, 3.8) is 0 Å². The fourth-order valence-corrected chi connectivity index (χ4v) is 6.48. The summed E-state index contributed by atoms with van der Waals surface area (Å²) in [6.07, 6.45) is 2.05. The number of aliphatic carboxylic acids is 1. The maximum Gasteiger partial charge on any atom is 0.320 e. The minimum atomic E-state index is -0.969. The number of hydrogen-bond donors (Lipinski definition) is 2. The molecular formula is C29H32FN3O6. The van der Waals surface area contributed by atoms with Crippen LogP contribution in [0.5, 0.6) is 11.5 Å². The Balaban J connectivity index is 1.31. The van der Waals surface area contributed by atoms with Crippen LogP contribution in [0.25, 0.3) is 0 Å². The molecule has 4 aliphatic rings. The van der Waals surface area contributed by atoms with Crippen LogP contribution in [0.2, 0.25) is 0 Å². The van der Waals surface area contributed by atoms with E-state index in [-0.39, 0.29) is 36.1 Å². The van der Waals surface area contributed by atoms with Gasteiger partial charge >= 0.3 is 12.0 Å². The van der Waals surface area contributed by atoms with Crippen molar-refractivity contribution < 1.29 is 33.4 Å². The van der Waals surface area contributed by atoms with Gasteiger partial charge in [0.1, 0.15) is 25.1 Å². The Labute approximate surface area is 225 Å².